The highest BCUT2D eigenvalue weighted by Crippen LogP contribution is 2.33. The Hall–Kier alpha value is -3.24. The second-order valence-corrected chi connectivity index (χ2v) is 11.2. The van der Waals surface area contributed by atoms with Crippen molar-refractivity contribution in [3.63, 3.8) is 0 Å². The first-order valence-corrected chi connectivity index (χ1v) is 15.3. The van der Waals surface area contributed by atoms with Crippen LogP contribution in [0, 0.1) is 0 Å². The van der Waals surface area contributed by atoms with E-state index in [-0.39, 0.29) is 29.6 Å². The van der Waals surface area contributed by atoms with Gasteiger partial charge in [-0.15, -0.1) is 0 Å². The zero-order chi connectivity index (χ0) is 28.1. The molecule has 10 heteroatoms. The summed E-state index contributed by atoms with van der Waals surface area (Å²) in [5, 5.41) is 7.87. The number of carbonyl (C=O) groups excluding carboxylic acids is 2. The zero-order valence-corrected chi connectivity index (χ0v) is 23.4. The number of benzene rings is 2. The van der Waals surface area contributed by atoms with Crippen molar-refractivity contribution < 1.29 is 27.3 Å². The number of nitrogens with one attached hydrogen (secondary N) is 1. The van der Waals surface area contributed by atoms with Crippen molar-refractivity contribution in [1.29, 1.82) is 0 Å². The largest absolute Gasteiger partial charge is 0.456 e. The van der Waals surface area contributed by atoms with Crippen LogP contribution in [0.4, 0.5) is 5.69 Å². The number of para-hydroxylation sites is 1. The lowest BCUT2D eigenvalue weighted by Gasteiger charge is -2.15. The standard InChI is InChI=1S/C29H39N3O6S/c1-2-3-4-5-6-7-8-9-10-11-15-18-28(33)30-27-22-29(34)32(31-27)23-19-20-25(26(21-23)39(35,36)37)38-24-16-13-12-14-17-24/h12-14,16-17,19-21H,2-11,15,18,22H2,1H3,(H,30,31,33)(H,35,36,37). The summed E-state index contributed by atoms with van der Waals surface area (Å²) in [5.74, 6) is -0.148. The van der Waals surface area contributed by atoms with Crippen LogP contribution in [0.3, 0.4) is 0 Å². The molecule has 0 unspecified atom stereocenters. The first-order chi connectivity index (χ1) is 18.8. The number of amides is 2. The Kier molecular flexibility index (Phi) is 11.9. The fraction of sp³-hybridized carbons (Fsp3) is 0.483. The first-order valence-electron chi connectivity index (χ1n) is 13.8. The summed E-state index contributed by atoms with van der Waals surface area (Å²) in [4.78, 5) is 24.4. The second kappa shape index (κ2) is 15.4. The summed E-state index contributed by atoms with van der Waals surface area (Å²) in [6, 6.07) is 12.4. The Bertz CT molecular complexity index is 1230. The van der Waals surface area contributed by atoms with Gasteiger partial charge in [-0.2, -0.15) is 18.5 Å². The molecule has 2 amide bonds. The van der Waals surface area contributed by atoms with Gasteiger partial charge in [0.2, 0.25) is 5.91 Å². The van der Waals surface area contributed by atoms with Crippen molar-refractivity contribution >= 4 is 33.5 Å². The van der Waals surface area contributed by atoms with Gasteiger partial charge in [-0.1, -0.05) is 89.3 Å². The molecule has 212 valence electrons. The van der Waals surface area contributed by atoms with Crippen LogP contribution in [0.2, 0.25) is 0 Å². The molecule has 2 aromatic carbocycles. The number of hydrogen-bond acceptors (Lipinski definition) is 6. The number of nitrogens with zero attached hydrogens (tertiary/aromatic N) is 2. The van der Waals surface area contributed by atoms with Crippen molar-refractivity contribution in [3.8, 4) is 11.5 Å². The number of rotatable bonds is 16. The Morgan fingerprint density at radius 1 is 0.949 bits per heavy atom. The van der Waals surface area contributed by atoms with Crippen LogP contribution >= 0.6 is 0 Å². The van der Waals surface area contributed by atoms with Crippen LogP contribution in [0.15, 0.2) is 58.5 Å². The lowest BCUT2D eigenvalue weighted by molar-refractivity contribution is -0.119. The van der Waals surface area contributed by atoms with E-state index in [1.54, 1.807) is 30.3 Å². The maximum Gasteiger partial charge on any atom is 0.298 e. The van der Waals surface area contributed by atoms with Crippen LogP contribution in [0.1, 0.15) is 90.4 Å². The highest BCUT2D eigenvalue weighted by Gasteiger charge is 2.28. The van der Waals surface area contributed by atoms with Gasteiger partial charge in [-0.05, 0) is 36.8 Å². The summed E-state index contributed by atoms with van der Waals surface area (Å²) in [7, 11) is -4.66. The molecule has 1 aliphatic rings. The summed E-state index contributed by atoms with van der Waals surface area (Å²) in [5.41, 5.74) is 0.127. The zero-order valence-electron chi connectivity index (χ0n) is 22.6. The molecule has 0 radical (unpaired) electrons. The highest BCUT2D eigenvalue weighted by atomic mass is 32.2. The number of carbonyl (C=O) groups is 2. The lowest BCUT2D eigenvalue weighted by atomic mass is 10.1. The molecule has 2 N–H and O–H groups in total. The van der Waals surface area contributed by atoms with Gasteiger partial charge in [0.05, 0.1) is 12.1 Å². The van der Waals surface area contributed by atoms with Crippen molar-refractivity contribution in [3.05, 3.63) is 48.5 Å². The number of unbranched alkanes of at least 4 members (excludes halogenated alkanes) is 10. The fourth-order valence-corrected chi connectivity index (χ4v) is 5.04. The average Bonchev–Trinajstić information content (AvgIpc) is 3.27. The van der Waals surface area contributed by atoms with E-state index in [1.807, 2.05) is 0 Å². The van der Waals surface area contributed by atoms with Crippen LogP contribution in [0.5, 0.6) is 11.5 Å². The summed E-state index contributed by atoms with van der Waals surface area (Å²) >= 11 is 0. The maximum absolute atomic E-state index is 12.6. The Morgan fingerprint density at radius 2 is 1.56 bits per heavy atom. The van der Waals surface area contributed by atoms with E-state index < -0.39 is 20.9 Å². The minimum atomic E-state index is -4.66. The number of amidine groups is 1. The Balaban J connectivity index is 1.48. The first kappa shape index (κ1) is 30.3. The smallest absolute Gasteiger partial charge is 0.298 e. The average molecular weight is 558 g/mol. The normalized spacial score (nSPS) is 13.4. The van der Waals surface area contributed by atoms with Crippen LogP contribution in [-0.2, 0) is 19.7 Å². The molecule has 9 nitrogen and oxygen atoms in total. The molecule has 3 rings (SSSR count). The van der Waals surface area contributed by atoms with Gasteiger partial charge in [0.25, 0.3) is 16.0 Å². The lowest BCUT2D eigenvalue weighted by Crippen LogP contribution is -2.29. The van der Waals surface area contributed by atoms with Crippen molar-refractivity contribution in [2.24, 2.45) is 5.10 Å². The van der Waals surface area contributed by atoms with Crippen molar-refractivity contribution in [2.45, 2.75) is 95.3 Å². The summed E-state index contributed by atoms with van der Waals surface area (Å²) in [6.07, 6.45) is 13.4. The monoisotopic (exact) mass is 557 g/mol. The molecule has 0 atom stereocenters. The number of hydrogen-bond donors (Lipinski definition) is 2. The van der Waals surface area contributed by atoms with Crippen LogP contribution < -0.4 is 15.1 Å². The second-order valence-electron chi connectivity index (χ2n) is 9.78. The maximum atomic E-state index is 12.6. The third kappa shape index (κ3) is 10.1. The Labute approximate surface area is 231 Å². The number of ether oxygens (including phenoxy) is 1. The van der Waals surface area contributed by atoms with Gasteiger partial charge in [0.1, 0.15) is 22.2 Å². The van der Waals surface area contributed by atoms with E-state index in [4.69, 9.17) is 4.74 Å². The molecule has 0 saturated heterocycles. The van der Waals surface area contributed by atoms with E-state index >= 15 is 0 Å². The molecule has 0 spiro atoms. The number of anilines is 1. The quantitative estimate of drug-likeness (QED) is 0.177. The Morgan fingerprint density at radius 3 is 2.18 bits per heavy atom. The van der Waals surface area contributed by atoms with E-state index in [0.29, 0.717) is 12.2 Å². The van der Waals surface area contributed by atoms with Crippen molar-refractivity contribution in [2.75, 3.05) is 5.01 Å². The van der Waals surface area contributed by atoms with E-state index in [1.165, 1.54) is 63.5 Å². The minimum absolute atomic E-state index is 0.0939. The fourth-order valence-electron chi connectivity index (χ4n) is 4.40. The molecule has 0 aliphatic carbocycles. The molecule has 1 aliphatic heterocycles. The molecular weight excluding hydrogens is 518 g/mol. The van der Waals surface area contributed by atoms with Crippen LogP contribution in [-0.4, -0.2) is 30.6 Å². The third-order valence-electron chi connectivity index (χ3n) is 6.49. The predicted octanol–water partition coefficient (Wildman–Crippen LogP) is 6.59. The molecule has 0 aromatic heterocycles. The summed E-state index contributed by atoms with van der Waals surface area (Å²) in [6.45, 7) is 2.23. The van der Waals surface area contributed by atoms with Gasteiger partial charge in [-0.3, -0.25) is 14.1 Å². The molecule has 0 bridgehead atoms. The molecular formula is C29H39N3O6S. The van der Waals surface area contributed by atoms with Crippen LogP contribution in [0.25, 0.3) is 0 Å². The topological polar surface area (TPSA) is 125 Å². The van der Waals surface area contributed by atoms with Gasteiger partial charge in [0.15, 0.2) is 0 Å². The third-order valence-corrected chi connectivity index (χ3v) is 7.36. The van der Waals surface area contributed by atoms with Gasteiger partial charge in [-0.25, -0.2) is 0 Å². The van der Waals surface area contributed by atoms with Gasteiger partial charge >= 0.3 is 0 Å². The SMILES string of the molecule is CCCCCCCCCCCCCC(=O)NC1=NN(c2ccc(Oc3ccccc3)c(S(=O)(=O)O)c2)C(=O)C1. The highest BCUT2D eigenvalue weighted by molar-refractivity contribution is 7.86. The minimum Gasteiger partial charge on any atom is -0.456 e. The molecule has 2 aromatic rings. The van der Waals surface area contributed by atoms with E-state index in [0.717, 1.165) is 30.3 Å². The molecule has 0 fully saturated rings. The van der Waals surface area contributed by atoms with E-state index in [9.17, 15) is 22.6 Å². The predicted molar refractivity (Wildman–Crippen MR) is 152 cm³/mol. The molecule has 0 saturated carbocycles. The molecule has 39 heavy (non-hydrogen) atoms. The summed E-state index contributed by atoms with van der Waals surface area (Å²) < 4.78 is 39.4. The van der Waals surface area contributed by atoms with Gasteiger partial charge < -0.3 is 10.1 Å². The van der Waals surface area contributed by atoms with Crippen molar-refractivity contribution in [1.82, 2.24) is 5.32 Å². The van der Waals surface area contributed by atoms with E-state index in [2.05, 4.69) is 17.3 Å². The number of hydrazone groups is 1. The van der Waals surface area contributed by atoms with Gasteiger partial charge in [0, 0.05) is 6.42 Å². The molecule has 1 heterocycles.